The van der Waals surface area contributed by atoms with Crippen molar-refractivity contribution in [1.82, 2.24) is 24.3 Å². The summed E-state index contributed by atoms with van der Waals surface area (Å²) in [5.41, 5.74) is 0.948. The summed E-state index contributed by atoms with van der Waals surface area (Å²) in [6, 6.07) is 1.57. The molecule has 0 unspecified atom stereocenters. The summed E-state index contributed by atoms with van der Waals surface area (Å²) < 4.78 is 1.62. The van der Waals surface area contributed by atoms with E-state index in [0.29, 0.717) is 6.04 Å². The Morgan fingerprint density at radius 1 is 1.00 bits per heavy atom. The normalized spacial score (nSPS) is 25.2. The third-order valence-electron chi connectivity index (χ3n) is 6.31. The molecule has 2 aliphatic heterocycles. The standard InChI is InChI=1S/C19H31N5O/c1-21-12-16(20-11-19(21)25)13-22-14-18(15-22)24-9-7-23(8-10-24)17-5-3-2-4-6-17/h11-12,17-18H,2-10,13-15H2,1H3. The summed E-state index contributed by atoms with van der Waals surface area (Å²) in [5.74, 6) is 0. The van der Waals surface area contributed by atoms with E-state index < -0.39 is 0 Å². The van der Waals surface area contributed by atoms with Gasteiger partial charge >= 0.3 is 0 Å². The smallest absolute Gasteiger partial charge is 0.268 e. The van der Waals surface area contributed by atoms with Crippen molar-refractivity contribution in [3.8, 4) is 0 Å². The molecule has 0 aromatic carbocycles. The molecule has 0 atom stereocenters. The van der Waals surface area contributed by atoms with Crippen LogP contribution >= 0.6 is 0 Å². The average molecular weight is 345 g/mol. The second kappa shape index (κ2) is 7.56. The van der Waals surface area contributed by atoms with Crippen molar-refractivity contribution in [3.63, 3.8) is 0 Å². The fraction of sp³-hybridized carbons (Fsp3) is 0.789. The lowest BCUT2D eigenvalue weighted by Gasteiger charge is -2.49. The van der Waals surface area contributed by atoms with Crippen LogP contribution in [0.1, 0.15) is 37.8 Å². The second-order valence-corrected chi connectivity index (χ2v) is 8.04. The summed E-state index contributed by atoms with van der Waals surface area (Å²) in [4.78, 5) is 23.6. The van der Waals surface area contributed by atoms with Crippen LogP contribution < -0.4 is 5.56 Å². The van der Waals surface area contributed by atoms with Gasteiger partial charge < -0.3 is 4.57 Å². The molecule has 1 aromatic heterocycles. The lowest BCUT2D eigenvalue weighted by atomic mass is 9.93. The van der Waals surface area contributed by atoms with Crippen LogP contribution in [0.2, 0.25) is 0 Å². The zero-order valence-corrected chi connectivity index (χ0v) is 15.4. The maximum atomic E-state index is 11.4. The molecule has 0 bridgehead atoms. The van der Waals surface area contributed by atoms with E-state index in [1.807, 2.05) is 6.20 Å². The summed E-state index contributed by atoms with van der Waals surface area (Å²) in [5, 5.41) is 0. The molecule has 1 saturated carbocycles. The molecule has 4 rings (SSSR count). The minimum absolute atomic E-state index is 0.0407. The molecule has 3 fully saturated rings. The minimum Gasteiger partial charge on any atom is -0.315 e. The first kappa shape index (κ1) is 17.2. The molecule has 3 heterocycles. The molecule has 0 amide bonds. The van der Waals surface area contributed by atoms with Crippen molar-refractivity contribution < 1.29 is 0 Å². The number of likely N-dealkylation sites (tertiary alicyclic amines) is 1. The molecular weight excluding hydrogens is 314 g/mol. The van der Waals surface area contributed by atoms with Crippen molar-refractivity contribution in [3.05, 3.63) is 28.4 Å². The maximum Gasteiger partial charge on any atom is 0.268 e. The van der Waals surface area contributed by atoms with Gasteiger partial charge in [-0.25, -0.2) is 0 Å². The van der Waals surface area contributed by atoms with Crippen LogP contribution in [-0.2, 0) is 13.6 Å². The highest BCUT2D eigenvalue weighted by molar-refractivity contribution is 5.00. The number of aromatic nitrogens is 2. The van der Waals surface area contributed by atoms with E-state index in [1.165, 1.54) is 64.5 Å². The van der Waals surface area contributed by atoms with Gasteiger partial charge in [-0.1, -0.05) is 19.3 Å². The van der Waals surface area contributed by atoms with Gasteiger partial charge in [0.25, 0.3) is 5.56 Å². The molecule has 1 aliphatic carbocycles. The number of aryl methyl sites for hydroxylation is 1. The largest absolute Gasteiger partial charge is 0.315 e. The number of rotatable bonds is 4. The predicted molar refractivity (Wildman–Crippen MR) is 98.6 cm³/mol. The lowest BCUT2D eigenvalue weighted by Crippen LogP contribution is -2.63. The lowest BCUT2D eigenvalue weighted by molar-refractivity contribution is -0.0109. The molecule has 0 radical (unpaired) electrons. The maximum absolute atomic E-state index is 11.4. The minimum atomic E-state index is -0.0407. The van der Waals surface area contributed by atoms with Gasteiger partial charge in [0.2, 0.25) is 0 Å². The Balaban J connectivity index is 1.21. The molecule has 1 aromatic rings. The summed E-state index contributed by atoms with van der Waals surface area (Å²) in [7, 11) is 1.79. The van der Waals surface area contributed by atoms with E-state index in [2.05, 4.69) is 19.7 Å². The summed E-state index contributed by atoms with van der Waals surface area (Å²) in [6.07, 6.45) is 10.4. The van der Waals surface area contributed by atoms with Crippen LogP contribution in [0.4, 0.5) is 0 Å². The highest BCUT2D eigenvalue weighted by Crippen LogP contribution is 2.25. The van der Waals surface area contributed by atoms with Gasteiger partial charge in [-0.3, -0.25) is 24.5 Å². The van der Waals surface area contributed by atoms with E-state index in [4.69, 9.17) is 0 Å². The Kier molecular flexibility index (Phi) is 5.20. The van der Waals surface area contributed by atoms with E-state index in [0.717, 1.165) is 31.4 Å². The highest BCUT2D eigenvalue weighted by Gasteiger charge is 2.34. The zero-order chi connectivity index (χ0) is 17.2. The first-order chi connectivity index (χ1) is 12.2. The molecule has 6 nitrogen and oxygen atoms in total. The van der Waals surface area contributed by atoms with E-state index >= 15 is 0 Å². The van der Waals surface area contributed by atoms with Gasteiger partial charge in [0.15, 0.2) is 0 Å². The molecule has 25 heavy (non-hydrogen) atoms. The Hall–Kier alpha value is -1.24. The predicted octanol–water partition coefficient (Wildman–Crippen LogP) is 0.915. The highest BCUT2D eigenvalue weighted by atomic mass is 16.1. The van der Waals surface area contributed by atoms with Gasteiger partial charge in [-0.05, 0) is 12.8 Å². The number of hydrogen-bond donors (Lipinski definition) is 0. The Morgan fingerprint density at radius 3 is 2.28 bits per heavy atom. The van der Waals surface area contributed by atoms with E-state index in [-0.39, 0.29) is 5.56 Å². The first-order valence-corrected chi connectivity index (χ1v) is 9.91. The molecule has 0 N–H and O–H groups in total. The SMILES string of the molecule is Cn1cc(CN2CC(N3CCN(C4CCCCC4)CC3)C2)ncc1=O. The third-order valence-corrected chi connectivity index (χ3v) is 6.31. The number of piperazine rings is 1. The number of nitrogens with zero attached hydrogens (tertiary/aromatic N) is 5. The zero-order valence-electron chi connectivity index (χ0n) is 15.4. The van der Waals surface area contributed by atoms with Gasteiger partial charge in [-0.15, -0.1) is 0 Å². The van der Waals surface area contributed by atoms with Crippen molar-refractivity contribution in [2.75, 3.05) is 39.3 Å². The van der Waals surface area contributed by atoms with Gasteiger partial charge in [0.05, 0.1) is 11.9 Å². The Labute approximate surface area is 150 Å². The van der Waals surface area contributed by atoms with Gasteiger partial charge in [0.1, 0.15) is 0 Å². The van der Waals surface area contributed by atoms with Crippen LogP contribution in [0.5, 0.6) is 0 Å². The quantitative estimate of drug-likeness (QED) is 0.812. The first-order valence-electron chi connectivity index (χ1n) is 9.91. The van der Waals surface area contributed by atoms with Crippen molar-refractivity contribution >= 4 is 0 Å². The third kappa shape index (κ3) is 3.96. The van der Waals surface area contributed by atoms with Crippen LogP contribution in [-0.4, -0.2) is 75.6 Å². The molecule has 0 spiro atoms. The average Bonchev–Trinajstić information content (AvgIpc) is 2.62. The van der Waals surface area contributed by atoms with E-state index in [9.17, 15) is 4.79 Å². The number of hydrogen-bond acceptors (Lipinski definition) is 5. The van der Waals surface area contributed by atoms with Crippen LogP contribution in [0.25, 0.3) is 0 Å². The summed E-state index contributed by atoms with van der Waals surface area (Å²) in [6.45, 7) is 8.09. The van der Waals surface area contributed by atoms with Crippen molar-refractivity contribution in [2.45, 2.75) is 50.7 Å². The van der Waals surface area contributed by atoms with Crippen molar-refractivity contribution in [1.29, 1.82) is 0 Å². The fourth-order valence-corrected chi connectivity index (χ4v) is 4.68. The van der Waals surface area contributed by atoms with Crippen LogP contribution in [0.15, 0.2) is 17.2 Å². The topological polar surface area (TPSA) is 44.6 Å². The molecule has 138 valence electrons. The molecule has 6 heteroatoms. The fourth-order valence-electron chi connectivity index (χ4n) is 4.68. The van der Waals surface area contributed by atoms with Gasteiger partial charge in [0, 0.05) is 71.1 Å². The van der Waals surface area contributed by atoms with Crippen LogP contribution in [0, 0.1) is 0 Å². The Bertz CT molecular complexity index is 625. The van der Waals surface area contributed by atoms with Gasteiger partial charge in [-0.2, -0.15) is 0 Å². The Morgan fingerprint density at radius 2 is 1.64 bits per heavy atom. The van der Waals surface area contributed by atoms with Crippen LogP contribution in [0.3, 0.4) is 0 Å². The summed E-state index contributed by atoms with van der Waals surface area (Å²) >= 11 is 0. The second-order valence-electron chi connectivity index (χ2n) is 8.04. The molecule has 2 saturated heterocycles. The van der Waals surface area contributed by atoms with E-state index in [1.54, 1.807) is 11.6 Å². The van der Waals surface area contributed by atoms with Crippen molar-refractivity contribution in [2.24, 2.45) is 7.05 Å². The molecular formula is C19H31N5O. The monoisotopic (exact) mass is 345 g/mol. The molecule has 3 aliphatic rings.